The van der Waals surface area contributed by atoms with Gasteiger partial charge >= 0.3 is 0 Å². The third-order valence-corrected chi connectivity index (χ3v) is 3.61. The van der Waals surface area contributed by atoms with Gasteiger partial charge in [-0.1, -0.05) is 12.1 Å². The van der Waals surface area contributed by atoms with Crippen LogP contribution < -0.4 is 4.74 Å². The molecule has 4 heteroatoms. The molecule has 0 saturated heterocycles. The van der Waals surface area contributed by atoms with Gasteiger partial charge in [-0.15, -0.1) is 11.6 Å². The molecular weight excluding hydrogens is 326 g/mol. The number of alkyl halides is 1. The van der Waals surface area contributed by atoms with E-state index in [4.69, 9.17) is 16.3 Å². The molecule has 0 atom stereocenters. The Morgan fingerprint density at radius 3 is 2.42 bits per heavy atom. The van der Waals surface area contributed by atoms with Gasteiger partial charge in [-0.3, -0.25) is 4.98 Å². The van der Waals surface area contributed by atoms with Crippen molar-refractivity contribution in [3.63, 3.8) is 0 Å². The Labute approximate surface area is 126 Å². The molecule has 1 aromatic carbocycles. The quantitative estimate of drug-likeness (QED) is 0.747. The molecule has 0 aliphatic heterocycles. The summed E-state index contributed by atoms with van der Waals surface area (Å²) in [5, 5.41) is 0. The van der Waals surface area contributed by atoms with Crippen LogP contribution in [0.15, 0.2) is 34.9 Å². The lowest BCUT2D eigenvalue weighted by Crippen LogP contribution is -2.01. The van der Waals surface area contributed by atoms with E-state index in [-0.39, 0.29) is 0 Å². The Hall–Kier alpha value is -1.06. The topological polar surface area (TPSA) is 22.1 Å². The van der Waals surface area contributed by atoms with E-state index in [0.717, 1.165) is 32.6 Å². The van der Waals surface area contributed by atoms with Gasteiger partial charge in [0.05, 0.1) is 5.69 Å². The van der Waals surface area contributed by atoms with E-state index in [2.05, 4.69) is 33.0 Å². The van der Waals surface area contributed by atoms with Crippen molar-refractivity contribution in [2.75, 3.05) is 0 Å². The van der Waals surface area contributed by atoms with E-state index in [1.54, 1.807) is 6.20 Å². The maximum absolute atomic E-state index is 5.87. The van der Waals surface area contributed by atoms with Crippen LogP contribution in [0.3, 0.4) is 0 Å². The molecule has 2 nitrogen and oxygen atoms in total. The molecule has 0 aliphatic rings. The molecule has 0 N–H and O–H groups in total. The smallest absolute Gasteiger partial charge is 0.130 e. The van der Waals surface area contributed by atoms with Crippen molar-refractivity contribution in [1.82, 2.24) is 4.98 Å². The average molecular weight is 341 g/mol. The van der Waals surface area contributed by atoms with Gasteiger partial charge in [0.25, 0.3) is 0 Å². The number of rotatable bonds is 4. The third-order valence-electron chi connectivity index (χ3n) is 2.83. The fourth-order valence-electron chi connectivity index (χ4n) is 1.98. The minimum atomic E-state index is 0.467. The number of hydrogen-bond acceptors (Lipinski definition) is 2. The van der Waals surface area contributed by atoms with Gasteiger partial charge < -0.3 is 4.74 Å². The zero-order valence-electron chi connectivity index (χ0n) is 10.9. The largest absolute Gasteiger partial charge is 0.487 e. The standard InChI is InChI=1S/C15H15BrClNO/c1-10-5-12(7-17)6-11(2)15(10)19-9-14-4-3-13(16)8-18-14/h3-6,8H,7,9H2,1-2H3. The molecule has 0 amide bonds. The molecular formula is C15H15BrClNO. The SMILES string of the molecule is Cc1cc(CCl)cc(C)c1OCc1ccc(Br)cn1. The lowest BCUT2D eigenvalue weighted by molar-refractivity contribution is 0.297. The highest BCUT2D eigenvalue weighted by Gasteiger charge is 2.07. The summed E-state index contributed by atoms with van der Waals surface area (Å²) in [6.07, 6.45) is 1.77. The summed E-state index contributed by atoms with van der Waals surface area (Å²) in [7, 11) is 0. The van der Waals surface area contributed by atoms with Crippen molar-refractivity contribution in [3.05, 3.63) is 57.3 Å². The van der Waals surface area contributed by atoms with Gasteiger partial charge in [0.15, 0.2) is 0 Å². The van der Waals surface area contributed by atoms with E-state index in [1.807, 2.05) is 26.0 Å². The van der Waals surface area contributed by atoms with Crippen LogP contribution in [-0.4, -0.2) is 4.98 Å². The van der Waals surface area contributed by atoms with Crippen LogP contribution >= 0.6 is 27.5 Å². The normalized spacial score (nSPS) is 10.5. The van der Waals surface area contributed by atoms with Crippen LogP contribution in [0.25, 0.3) is 0 Å². The first-order valence-electron chi connectivity index (χ1n) is 5.99. The van der Waals surface area contributed by atoms with E-state index in [9.17, 15) is 0 Å². The van der Waals surface area contributed by atoms with Gasteiger partial charge in [0, 0.05) is 16.5 Å². The second-order valence-corrected chi connectivity index (χ2v) is 5.63. The molecule has 2 aromatic rings. The second-order valence-electron chi connectivity index (χ2n) is 4.45. The molecule has 100 valence electrons. The minimum absolute atomic E-state index is 0.467. The summed E-state index contributed by atoms with van der Waals surface area (Å²) in [4.78, 5) is 4.29. The molecule has 2 rings (SSSR count). The average Bonchev–Trinajstić information content (AvgIpc) is 2.39. The monoisotopic (exact) mass is 339 g/mol. The molecule has 0 aliphatic carbocycles. The summed E-state index contributed by atoms with van der Waals surface area (Å²) >= 11 is 9.22. The highest BCUT2D eigenvalue weighted by atomic mass is 79.9. The number of nitrogens with zero attached hydrogens (tertiary/aromatic N) is 1. The number of hydrogen-bond donors (Lipinski definition) is 0. The third kappa shape index (κ3) is 3.71. The number of halogens is 2. The minimum Gasteiger partial charge on any atom is -0.487 e. The molecule has 0 fully saturated rings. The molecule has 1 aromatic heterocycles. The summed E-state index contributed by atoms with van der Waals surface area (Å²) in [6, 6.07) is 8.03. The maximum Gasteiger partial charge on any atom is 0.130 e. The van der Waals surface area contributed by atoms with Crippen LogP contribution in [0.5, 0.6) is 5.75 Å². The van der Waals surface area contributed by atoms with Crippen molar-refractivity contribution < 1.29 is 4.74 Å². The van der Waals surface area contributed by atoms with Gasteiger partial charge in [0.2, 0.25) is 0 Å². The summed E-state index contributed by atoms with van der Waals surface area (Å²) in [5.74, 6) is 1.44. The zero-order chi connectivity index (χ0) is 13.8. The molecule has 19 heavy (non-hydrogen) atoms. The van der Waals surface area contributed by atoms with E-state index in [1.165, 1.54) is 0 Å². The Bertz CT molecular complexity index is 546. The Balaban J connectivity index is 2.13. The predicted octanol–water partition coefficient (Wildman–Crippen LogP) is 4.78. The highest BCUT2D eigenvalue weighted by Crippen LogP contribution is 2.26. The predicted molar refractivity (Wildman–Crippen MR) is 81.7 cm³/mol. The number of aryl methyl sites for hydroxylation is 2. The molecule has 0 unspecified atom stereocenters. The van der Waals surface area contributed by atoms with Gasteiger partial charge in [-0.25, -0.2) is 0 Å². The Morgan fingerprint density at radius 2 is 1.89 bits per heavy atom. The van der Waals surface area contributed by atoms with Gasteiger partial charge in [0.1, 0.15) is 12.4 Å². The van der Waals surface area contributed by atoms with E-state index >= 15 is 0 Å². The van der Waals surface area contributed by atoms with Gasteiger partial charge in [-0.2, -0.15) is 0 Å². The lowest BCUT2D eigenvalue weighted by atomic mass is 10.1. The highest BCUT2D eigenvalue weighted by molar-refractivity contribution is 9.10. The lowest BCUT2D eigenvalue weighted by Gasteiger charge is -2.13. The van der Waals surface area contributed by atoms with Gasteiger partial charge in [-0.05, 0) is 58.6 Å². The summed E-state index contributed by atoms with van der Waals surface area (Å²) in [6.45, 7) is 4.54. The van der Waals surface area contributed by atoms with Crippen molar-refractivity contribution in [1.29, 1.82) is 0 Å². The van der Waals surface area contributed by atoms with Crippen LogP contribution in [0.2, 0.25) is 0 Å². The van der Waals surface area contributed by atoms with E-state index < -0.39 is 0 Å². The number of benzene rings is 1. The fourth-order valence-corrected chi connectivity index (χ4v) is 2.37. The van der Waals surface area contributed by atoms with Crippen molar-refractivity contribution in [3.8, 4) is 5.75 Å². The van der Waals surface area contributed by atoms with Crippen molar-refractivity contribution >= 4 is 27.5 Å². The van der Waals surface area contributed by atoms with Crippen LogP contribution in [0.4, 0.5) is 0 Å². The first-order valence-corrected chi connectivity index (χ1v) is 7.32. The molecule has 0 bridgehead atoms. The van der Waals surface area contributed by atoms with Crippen LogP contribution in [0.1, 0.15) is 22.4 Å². The number of ether oxygens (including phenoxy) is 1. The summed E-state index contributed by atoms with van der Waals surface area (Å²) in [5.41, 5.74) is 4.23. The van der Waals surface area contributed by atoms with Crippen molar-refractivity contribution in [2.24, 2.45) is 0 Å². The van der Waals surface area contributed by atoms with Crippen molar-refractivity contribution in [2.45, 2.75) is 26.3 Å². The first-order chi connectivity index (χ1) is 9.10. The molecule has 1 heterocycles. The molecule has 0 saturated carbocycles. The number of pyridine rings is 1. The Kier molecular flexibility index (Phi) is 4.83. The second kappa shape index (κ2) is 6.40. The van der Waals surface area contributed by atoms with Crippen LogP contribution in [-0.2, 0) is 12.5 Å². The molecule has 0 radical (unpaired) electrons. The maximum atomic E-state index is 5.87. The first kappa shape index (κ1) is 14.4. The fraction of sp³-hybridized carbons (Fsp3) is 0.267. The van der Waals surface area contributed by atoms with Crippen LogP contribution in [0, 0.1) is 13.8 Å². The Morgan fingerprint density at radius 1 is 1.21 bits per heavy atom. The number of aromatic nitrogens is 1. The summed E-state index contributed by atoms with van der Waals surface area (Å²) < 4.78 is 6.84. The molecule has 0 spiro atoms. The zero-order valence-corrected chi connectivity index (χ0v) is 13.3. The van der Waals surface area contributed by atoms with E-state index in [0.29, 0.717) is 12.5 Å².